The van der Waals surface area contributed by atoms with Crippen LogP contribution in [0, 0.1) is 0 Å². The SMILES string of the molecule is CC.CC(C)c1ccccc1.CCCC. The molecule has 0 unspecified atom stereocenters. The summed E-state index contributed by atoms with van der Waals surface area (Å²) in [5.74, 6) is 0.659. The Morgan fingerprint density at radius 1 is 0.867 bits per heavy atom. The van der Waals surface area contributed by atoms with Crippen molar-refractivity contribution < 1.29 is 0 Å². The van der Waals surface area contributed by atoms with Gasteiger partial charge >= 0.3 is 0 Å². The maximum atomic E-state index is 2.20. The number of rotatable bonds is 2. The summed E-state index contributed by atoms with van der Waals surface area (Å²) in [4.78, 5) is 0. The smallest absolute Gasteiger partial charge is 0.0219 e. The Bertz CT molecular complexity index is 184. The summed E-state index contributed by atoms with van der Waals surface area (Å²) < 4.78 is 0. The van der Waals surface area contributed by atoms with Crippen molar-refractivity contribution in [2.24, 2.45) is 0 Å². The van der Waals surface area contributed by atoms with Crippen LogP contribution in [0.2, 0.25) is 0 Å². The molecule has 0 saturated heterocycles. The molecule has 88 valence electrons. The second-order valence-corrected chi connectivity index (χ2v) is 3.57. The van der Waals surface area contributed by atoms with Crippen molar-refractivity contribution in [1.29, 1.82) is 0 Å². The van der Waals surface area contributed by atoms with Gasteiger partial charge in [0, 0.05) is 0 Å². The van der Waals surface area contributed by atoms with E-state index in [9.17, 15) is 0 Å². The first kappa shape index (κ1) is 16.6. The summed E-state index contributed by atoms with van der Waals surface area (Å²) in [5.41, 5.74) is 1.41. The van der Waals surface area contributed by atoms with Crippen molar-refractivity contribution >= 4 is 0 Å². The summed E-state index contributed by atoms with van der Waals surface area (Å²) in [7, 11) is 0. The van der Waals surface area contributed by atoms with Crippen molar-refractivity contribution in [3.8, 4) is 0 Å². The zero-order valence-electron chi connectivity index (χ0n) is 11.4. The van der Waals surface area contributed by atoms with Gasteiger partial charge in [-0.1, -0.05) is 84.7 Å². The van der Waals surface area contributed by atoms with E-state index in [4.69, 9.17) is 0 Å². The molecule has 0 amide bonds. The number of hydrogen-bond acceptors (Lipinski definition) is 0. The van der Waals surface area contributed by atoms with Crippen LogP contribution in [0.3, 0.4) is 0 Å². The van der Waals surface area contributed by atoms with Gasteiger partial charge in [0.2, 0.25) is 0 Å². The van der Waals surface area contributed by atoms with Gasteiger partial charge in [0.15, 0.2) is 0 Å². The van der Waals surface area contributed by atoms with E-state index in [1.807, 2.05) is 19.9 Å². The fourth-order valence-corrected chi connectivity index (χ4v) is 0.838. The lowest BCUT2D eigenvalue weighted by molar-refractivity contribution is 0.867. The largest absolute Gasteiger partial charge is 0.0683 e. The van der Waals surface area contributed by atoms with E-state index in [1.165, 1.54) is 18.4 Å². The molecule has 0 radical (unpaired) electrons. The number of unbranched alkanes of at least 4 members (excludes halogenated alkanes) is 1. The minimum Gasteiger partial charge on any atom is -0.0683 e. The van der Waals surface area contributed by atoms with E-state index < -0.39 is 0 Å². The van der Waals surface area contributed by atoms with Crippen molar-refractivity contribution in [2.45, 2.75) is 60.3 Å². The minimum absolute atomic E-state index is 0.659. The van der Waals surface area contributed by atoms with Gasteiger partial charge in [0.1, 0.15) is 0 Å². The Hall–Kier alpha value is -0.780. The highest BCUT2D eigenvalue weighted by atomic mass is 14.0. The van der Waals surface area contributed by atoms with Gasteiger partial charge in [0.05, 0.1) is 0 Å². The molecule has 15 heavy (non-hydrogen) atoms. The number of benzene rings is 1. The van der Waals surface area contributed by atoms with Gasteiger partial charge in [0.25, 0.3) is 0 Å². The molecule has 0 aliphatic rings. The molecule has 1 aromatic carbocycles. The number of hydrogen-bond donors (Lipinski definition) is 0. The van der Waals surface area contributed by atoms with Gasteiger partial charge in [-0.3, -0.25) is 0 Å². The molecule has 0 aliphatic heterocycles. The molecule has 0 aliphatic carbocycles. The first-order chi connectivity index (χ1) is 7.22. The first-order valence-electron chi connectivity index (χ1n) is 6.27. The lowest BCUT2D eigenvalue weighted by Crippen LogP contribution is -1.83. The summed E-state index contributed by atoms with van der Waals surface area (Å²) in [6.45, 7) is 12.8. The van der Waals surface area contributed by atoms with Crippen LogP contribution in [-0.4, -0.2) is 0 Å². The quantitative estimate of drug-likeness (QED) is 0.589. The Morgan fingerprint density at radius 2 is 1.27 bits per heavy atom. The van der Waals surface area contributed by atoms with Crippen molar-refractivity contribution in [1.82, 2.24) is 0 Å². The van der Waals surface area contributed by atoms with E-state index in [0.717, 1.165) is 0 Å². The van der Waals surface area contributed by atoms with Gasteiger partial charge in [-0.05, 0) is 11.5 Å². The fraction of sp³-hybridized carbons (Fsp3) is 0.600. The van der Waals surface area contributed by atoms with Crippen LogP contribution in [0.4, 0.5) is 0 Å². The fourth-order valence-electron chi connectivity index (χ4n) is 0.838. The minimum atomic E-state index is 0.659. The predicted molar refractivity (Wildman–Crippen MR) is 72.5 cm³/mol. The molecule has 0 saturated carbocycles. The maximum absolute atomic E-state index is 2.20. The Labute approximate surface area is 96.7 Å². The maximum Gasteiger partial charge on any atom is -0.0219 e. The monoisotopic (exact) mass is 208 g/mol. The highest BCUT2D eigenvalue weighted by Crippen LogP contribution is 2.11. The lowest BCUT2D eigenvalue weighted by atomic mass is 10.0. The second-order valence-electron chi connectivity index (χ2n) is 3.57. The average molecular weight is 208 g/mol. The van der Waals surface area contributed by atoms with Gasteiger partial charge in [-0.15, -0.1) is 0 Å². The van der Waals surface area contributed by atoms with Crippen LogP contribution < -0.4 is 0 Å². The van der Waals surface area contributed by atoms with Crippen molar-refractivity contribution in [2.75, 3.05) is 0 Å². The normalized spacial score (nSPS) is 8.47. The molecule has 0 N–H and O–H groups in total. The standard InChI is InChI=1S/C9H12.C4H10.C2H6/c1-8(2)9-6-4-3-5-7-9;1-3-4-2;1-2/h3-8H,1-2H3;3-4H2,1-2H3;1-2H3. The molecule has 0 bridgehead atoms. The molecule has 1 rings (SSSR count). The van der Waals surface area contributed by atoms with Gasteiger partial charge < -0.3 is 0 Å². The molecule has 0 nitrogen and oxygen atoms in total. The molecule has 0 atom stereocenters. The highest BCUT2D eigenvalue weighted by molar-refractivity contribution is 5.17. The van der Waals surface area contributed by atoms with Crippen LogP contribution in [-0.2, 0) is 0 Å². The van der Waals surface area contributed by atoms with E-state index in [2.05, 4.69) is 52.0 Å². The van der Waals surface area contributed by atoms with Crippen molar-refractivity contribution in [3.05, 3.63) is 35.9 Å². The second kappa shape index (κ2) is 13.2. The highest BCUT2D eigenvalue weighted by Gasteiger charge is 1.93. The molecular formula is C15H28. The van der Waals surface area contributed by atoms with Crippen LogP contribution in [0.25, 0.3) is 0 Å². The summed E-state index contributed by atoms with van der Waals surface area (Å²) in [6.07, 6.45) is 2.64. The van der Waals surface area contributed by atoms with Crippen LogP contribution in [0.5, 0.6) is 0 Å². The average Bonchev–Trinajstić information content (AvgIpc) is 2.33. The van der Waals surface area contributed by atoms with Crippen LogP contribution in [0.15, 0.2) is 30.3 Å². The third-order valence-electron chi connectivity index (χ3n) is 1.97. The molecular weight excluding hydrogens is 180 g/mol. The lowest BCUT2D eigenvalue weighted by Gasteiger charge is -2.01. The Kier molecular flexibility index (Phi) is 14.7. The van der Waals surface area contributed by atoms with E-state index in [0.29, 0.717) is 5.92 Å². The topological polar surface area (TPSA) is 0 Å². The Morgan fingerprint density at radius 3 is 1.47 bits per heavy atom. The summed E-state index contributed by atoms with van der Waals surface area (Å²) in [6, 6.07) is 10.5. The molecule has 0 spiro atoms. The first-order valence-corrected chi connectivity index (χ1v) is 6.27. The van der Waals surface area contributed by atoms with E-state index in [-0.39, 0.29) is 0 Å². The summed E-state index contributed by atoms with van der Waals surface area (Å²) >= 11 is 0. The molecule has 0 heterocycles. The molecule has 0 heteroatoms. The van der Waals surface area contributed by atoms with E-state index in [1.54, 1.807) is 0 Å². The van der Waals surface area contributed by atoms with Gasteiger partial charge in [-0.25, -0.2) is 0 Å². The molecule has 0 fully saturated rings. The van der Waals surface area contributed by atoms with Crippen LogP contribution >= 0.6 is 0 Å². The zero-order chi connectivity index (χ0) is 12.1. The van der Waals surface area contributed by atoms with E-state index >= 15 is 0 Å². The zero-order valence-corrected chi connectivity index (χ0v) is 11.4. The van der Waals surface area contributed by atoms with Gasteiger partial charge in [-0.2, -0.15) is 0 Å². The van der Waals surface area contributed by atoms with Crippen LogP contribution in [0.1, 0.15) is 65.9 Å². The predicted octanol–water partition coefficient (Wildman–Crippen LogP) is 5.64. The third-order valence-corrected chi connectivity index (χ3v) is 1.97. The van der Waals surface area contributed by atoms with Crippen molar-refractivity contribution in [3.63, 3.8) is 0 Å². The Balaban J connectivity index is 0. The summed E-state index contributed by atoms with van der Waals surface area (Å²) in [5, 5.41) is 0. The third kappa shape index (κ3) is 11.1. The molecule has 0 aromatic heterocycles. The molecule has 1 aromatic rings.